The van der Waals surface area contributed by atoms with E-state index >= 15 is 0 Å². The maximum absolute atomic E-state index is 6.48. The molecule has 6 rings (SSSR count). The summed E-state index contributed by atoms with van der Waals surface area (Å²) >= 11 is 33.4. The lowest BCUT2D eigenvalue weighted by Gasteiger charge is -2.06. The summed E-state index contributed by atoms with van der Waals surface area (Å²) < 4.78 is 12.6. The summed E-state index contributed by atoms with van der Waals surface area (Å²) in [4.78, 5) is 17.5. The number of benzene rings is 2. The first kappa shape index (κ1) is 45.7. The molecule has 10 nitrogen and oxygen atoms in total. The normalized spacial score (nSPS) is 11.3. The van der Waals surface area contributed by atoms with Crippen molar-refractivity contribution in [3.8, 4) is 22.5 Å². The van der Waals surface area contributed by atoms with Crippen molar-refractivity contribution in [1.29, 1.82) is 0 Å². The summed E-state index contributed by atoms with van der Waals surface area (Å²) in [7, 11) is -0.260. The first-order chi connectivity index (χ1) is 26.5. The van der Waals surface area contributed by atoms with E-state index in [0.29, 0.717) is 77.8 Å². The van der Waals surface area contributed by atoms with Gasteiger partial charge in [-0.05, 0) is 37.5 Å². The van der Waals surface area contributed by atoms with Gasteiger partial charge in [-0.3, -0.25) is 5.10 Å². The summed E-state index contributed by atoms with van der Waals surface area (Å²) in [6.45, 7) is 11.1. The molecule has 0 fully saturated rings. The SMILES string of the molecule is CSc1nc(Cl)c2c(-c3ccccc3Cl)[nH]nc2n1.CSc1nc(Cl)c2c(-c3ccccc3Cl)nn(COCCC[Si](C)C)c2n1.C[Si](C)CCCOCCl. The average Bonchev–Trinajstić information content (AvgIpc) is 3.76. The number of alkyl halides is 1. The molecule has 19 heteroatoms. The van der Waals surface area contributed by atoms with Crippen LogP contribution >= 0.6 is 81.5 Å². The molecular formula is C36H43Cl5N8O2S2Si2. The van der Waals surface area contributed by atoms with Gasteiger partial charge >= 0.3 is 0 Å². The molecular weight excluding hydrogens is 874 g/mol. The molecule has 0 aliphatic rings. The molecule has 4 heterocycles. The highest BCUT2D eigenvalue weighted by atomic mass is 35.5. The van der Waals surface area contributed by atoms with E-state index < -0.39 is 0 Å². The highest BCUT2D eigenvalue weighted by molar-refractivity contribution is 7.98. The monoisotopic (exact) mass is 914 g/mol. The third-order valence-corrected chi connectivity index (χ3v) is 12.9. The summed E-state index contributed by atoms with van der Waals surface area (Å²) in [6.07, 6.45) is 6.04. The third-order valence-electron chi connectivity index (χ3n) is 7.74. The Labute approximate surface area is 359 Å². The number of ether oxygens (including phenoxy) is 2. The minimum atomic E-state index is -0.222. The Bertz CT molecular complexity index is 2130. The summed E-state index contributed by atoms with van der Waals surface area (Å²) in [6, 6.07) is 17.9. The van der Waals surface area contributed by atoms with Crippen LogP contribution in [0.3, 0.4) is 0 Å². The maximum Gasteiger partial charge on any atom is 0.190 e. The van der Waals surface area contributed by atoms with Gasteiger partial charge < -0.3 is 9.47 Å². The minimum absolute atomic E-state index is 0.0382. The molecule has 0 amide bonds. The molecule has 0 unspecified atom stereocenters. The lowest BCUT2D eigenvalue weighted by Crippen LogP contribution is -2.08. The topological polar surface area (TPSA) is 117 Å². The number of fused-ring (bicyclic) bond motifs is 2. The molecule has 0 bridgehead atoms. The molecule has 2 aromatic carbocycles. The van der Waals surface area contributed by atoms with E-state index in [1.54, 1.807) is 4.68 Å². The van der Waals surface area contributed by atoms with Crippen LogP contribution in [0.2, 0.25) is 58.6 Å². The Hall–Kier alpha value is -1.96. The van der Waals surface area contributed by atoms with Crippen LogP contribution < -0.4 is 0 Å². The zero-order valence-corrected chi connectivity index (χ0v) is 38.8. The fourth-order valence-electron chi connectivity index (χ4n) is 5.11. The predicted molar refractivity (Wildman–Crippen MR) is 238 cm³/mol. The number of nitrogens with one attached hydrogen (secondary N) is 1. The smallest absolute Gasteiger partial charge is 0.190 e. The van der Waals surface area contributed by atoms with E-state index in [0.717, 1.165) is 29.8 Å². The second kappa shape index (κ2) is 23.4. The maximum atomic E-state index is 6.48. The number of hydrogen-bond acceptors (Lipinski definition) is 10. The lowest BCUT2D eigenvalue weighted by atomic mass is 10.1. The number of aromatic amines is 1. The van der Waals surface area contributed by atoms with Crippen molar-refractivity contribution in [3.63, 3.8) is 0 Å². The Balaban J connectivity index is 0.000000208. The van der Waals surface area contributed by atoms with Crippen LogP contribution in [0.15, 0.2) is 58.8 Å². The number of halogens is 5. The zero-order valence-electron chi connectivity index (χ0n) is 31.4. The molecule has 2 radical (unpaired) electrons. The molecule has 0 spiro atoms. The highest BCUT2D eigenvalue weighted by Gasteiger charge is 2.21. The van der Waals surface area contributed by atoms with E-state index in [-0.39, 0.29) is 17.6 Å². The standard InChI is InChI=1S/C18H21Cl2N4OSSi.C12H8Cl2N4S.C6H14ClOSi/c1-26-18-21-16(20)14-15(12-7-4-5-8-13(12)19)23-24(17(14)22-18)11-25-9-6-10-27(2)3;1-19-12-15-10(14)8-9(17-18-11(8)16-12)6-4-2-3-5-7(6)13;1-9(2)5-3-4-8-6-7/h4-5,7-8H,6,9-11H2,1-3H3;2-5H,1H3,(H,15,16,17,18);3-6H2,1-2H3. The summed E-state index contributed by atoms with van der Waals surface area (Å²) in [5.41, 5.74) is 4.23. The van der Waals surface area contributed by atoms with Gasteiger partial charge in [-0.15, -0.1) is 0 Å². The molecule has 0 aliphatic carbocycles. The van der Waals surface area contributed by atoms with E-state index in [1.807, 2.05) is 61.0 Å². The number of aromatic nitrogens is 8. The van der Waals surface area contributed by atoms with Crippen LogP contribution in [0.25, 0.3) is 44.6 Å². The van der Waals surface area contributed by atoms with Crippen LogP contribution in [0.4, 0.5) is 0 Å². The van der Waals surface area contributed by atoms with Gasteiger partial charge in [0.15, 0.2) is 21.6 Å². The van der Waals surface area contributed by atoms with Gasteiger partial charge in [0.05, 0.1) is 21.5 Å². The lowest BCUT2D eigenvalue weighted by molar-refractivity contribution is 0.0719. The number of rotatable bonds is 15. The van der Waals surface area contributed by atoms with Crippen molar-refractivity contribution >= 4 is 121 Å². The van der Waals surface area contributed by atoms with Crippen LogP contribution in [-0.4, -0.2) is 89.3 Å². The molecule has 1 N–H and O–H groups in total. The Morgan fingerprint density at radius 2 is 1.25 bits per heavy atom. The highest BCUT2D eigenvalue weighted by Crippen LogP contribution is 2.37. The first-order valence-electron chi connectivity index (χ1n) is 17.2. The van der Waals surface area contributed by atoms with Gasteiger partial charge in [0.25, 0.3) is 0 Å². The van der Waals surface area contributed by atoms with Crippen molar-refractivity contribution in [1.82, 2.24) is 39.9 Å². The number of thioether (sulfide) groups is 2. The van der Waals surface area contributed by atoms with E-state index in [2.05, 4.69) is 56.3 Å². The third kappa shape index (κ3) is 13.3. The molecule has 294 valence electrons. The second-order valence-corrected chi connectivity index (χ2v) is 21.6. The summed E-state index contributed by atoms with van der Waals surface area (Å²) in [5, 5.41) is 16.4. The predicted octanol–water partition coefficient (Wildman–Crippen LogP) is 12.0. The number of hydrogen-bond donors (Lipinski definition) is 1. The molecule has 0 saturated heterocycles. The van der Waals surface area contributed by atoms with Gasteiger partial charge in [0.2, 0.25) is 0 Å². The van der Waals surface area contributed by atoms with Gasteiger partial charge in [0, 0.05) is 47.0 Å². The fourth-order valence-corrected chi connectivity index (χ4v) is 8.71. The minimum Gasteiger partial charge on any atom is -0.366 e. The molecule has 55 heavy (non-hydrogen) atoms. The van der Waals surface area contributed by atoms with Crippen molar-refractivity contribution in [3.05, 3.63) is 68.9 Å². The van der Waals surface area contributed by atoms with Crippen molar-refractivity contribution in [2.45, 2.75) is 68.2 Å². The molecule has 0 aliphatic heterocycles. The Kier molecular flexibility index (Phi) is 19.5. The fraction of sp³-hybridized carbons (Fsp3) is 0.389. The van der Waals surface area contributed by atoms with E-state index in [9.17, 15) is 0 Å². The van der Waals surface area contributed by atoms with Crippen LogP contribution in [0, 0.1) is 0 Å². The van der Waals surface area contributed by atoms with Gasteiger partial charge in [-0.2, -0.15) is 10.2 Å². The zero-order chi connectivity index (χ0) is 39.9. The molecule has 0 saturated carbocycles. The molecule has 4 aromatic heterocycles. The second-order valence-electron chi connectivity index (χ2n) is 12.5. The average molecular weight is 917 g/mol. The van der Waals surface area contributed by atoms with Gasteiger partial charge in [0.1, 0.15) is 28.8 Å². The van der Waals surface area contributed by atoms with Crippen molar-refractivity contribution < 1.29 is 9.47 Å². The largest absolute Gasteiger partial charge is 0.366 e. The van der Waals surface area contributed by atoms with Gasteiger partial charge in [-0.1, -0.05) is 156 Å². The summed E-state index contributed by atoms with van der Waals surface area (Å²) in [5.74, 6) is 0. The molecule has 6 aromatic rings. The molecule has 0 atom stereocenters. The number of H-pyrrole nitrogens is 1. The van der Waals surface area contributed by atoms with Crippen LogP contribution in [-0.2, 0) is 16.2 Å². The van der Waals surface area contributed by atoms with Crippen molar-refractivity contribution in [2.75, 3.05) is 31.8 Å². The van der Waals surface area contributed by atoms with Crippen LogP contribution in [0.1, 0.15) is 12.8 Å². The van der Waals surface area contributed by atoms with E-state index in [1.165, 1.54) is 42.0 Å². The Morgan fingerprint density at radius 3 is 1.82 bits per heavy atom. The van der Waals surface area contributed by atoms with Crippen molar-refractivity contribution in [2.24, 2.45) is 0 Å². The van der Waals surface area contributed by atoms with Crippen LogP contribution in [0.5, 0.6) is 0 Å². The van der Waals surface area contributed by atoms with E-state index in [4.69, 9.17) is 72.6 Å². The first-order valence-corrected chi connectivity index (χ1v) is 27.1. The van der Waals surface area contributed by atoms with Gasteiger partial charge in [-0.25, -0.2) is 24.6 Å². The number of nitrogens with zero attached hydrogens (tertiary/aromatic N) is 7. The quantitative estimate of drug-likeness (QED) is 0.0266. The Morgan fingerprint density at radius 1 is 0.709 bits per heavy atom.